The van der Waals surface area contributed by atoms with Crippen LogP contribution in [-0.4, -0.2) is 17.8 Å². The van der Waals surface area contributed by atoms with Gasteiger partial charge in [0.1, 0.15) is 0 Å². The van der Waals surface area contributed by atoms with E-state index in [2.05, 4.69) is 0 Å². The van der Waals surface area contributed by atoms with E-state index in [-0.39, 0.29) is 35.1 Å². The number of allylic oxidation sites excluding steroid dienone is 2. The lowest BCUT2D eigenvalue weighted by Crippen LogP contribution is -2.37. The summed E-state index contributed by atoms with van der Waals surface area (Å²) in [4.78, 5) is 37.8. The summed E-state index contributed by atoms with van der Waals surface area (Å²) in [5.41, 5.74) is -0.429. The molecule has 112 valence electrons. The van der Waals surface area contributed by atoms with Crippen LogP contribution in [0.3, 0.4) is 0 Å². The molecule has 1 saturated carbocycles. The molecule has 1 saturated heterocycles. The van der Waals surface area contributed by atoms with E-state index in [0.717, 1.165) is 11.3 Å². The number of carbonyl (C=O) groups is 3. The topological polar surface area (TPSA) is 77.5 Å². The van der Waals surface area contributed by atoms with Crippen LogP contribution >= 0.6 is 0 Å². The highest BCUT2D eigenvalue weighted by molar-refractivity contribution is 6.24. The number of carboxylic acids is 1. The number of imide groups is 1. The first-order valence-corrected chi connectivity index (χ1v) is 7.32. The molecule has 4 rings (SSSR count). The summed E-state index contributed by atoms with van der Waals surface area (Å²) in [5.74, 6) is -1.90. The van der Waals surface area contributed by atoms with Crippen molar-refractivity contribution in [1.29, 1.82) is 0 Å². The van der Waals surface area contributed by atoms with Gasteiger partial charge in [0.2, 0.25) is 11.8 Å². The van der Waals surface area contributed by atoms with Crippen molar-refractivity contribution in [2.45, 2.75) is 13.3 Å². The first-order valence-electron chi connectivity index (χ1n) is 7.32. The number of anilines is 1. The van der Waals surface area contributed by atoms with Crippen molar-refractivity contribution in [2.75, 3.05) is 4.90 Å². The van der Waals surface area contributed by atoms with Crippen LogP contribution in [0.1, 0.15) is 23.7 Å². The Morgan fingerprint density at radius 1 is 1.32 bits per heavy atom. The number of hydrogen-bond acceptors (Lipinski definition) is 4. The number of hydrogen-bond donors (Lipinski definition) is 0. The van der Waals surface area contributed by atoms with E-state index >= 15 is 0 Å². The summed E-state index contributed by atoms with van der Waals surface area (Å²) >= 11 is 0. The van der Waals surface area contributed by atoms with Crippen LogP contribution in [0.5, 0.6) is 0 Å². The van der Waals surface area contributed by atoms with Gasteiger partial charge < -0.3 is 9.90 Å². The summed E-state index contributed by atoms with van der Waals surface area (Å²) in [6, 6.07) is 5.81. The van der Waals surface area contributed by atoms with Crippen molar-refractivity contribution in [3.05, 3.63) is 42.0 Å². The van der Waals surface area contributed by atoms with Crippen molar-refractivity contribution < 1.29 is 19.5 Å². The van der Waals surface area contributed by atoms with E-state index < -0.39 is 11.4 Å². The largest absolute Gasteiger partial charge is 0.545 e. The van der Waals surface area contributed by atoms with E-state index in [1.807, 2.05) is 19.1 Å². The van der Waals surface area contributed by atoms with Gasteiger partial charge in [-0.25, -0.2) is 4.90 Å². The lowest BCUT2D eigenvalue weighted by atomic mass is 9.71. The number of carbonyl (C=O) groups excluding carboxylic acids is 3. The molecule has 0 N–H and O–H groups in total. The van der Waals surface area contributed by atoms with Crippen LogP contribution in [0.15, 0.2) is 36.4 Å². The van der Waals surface area contributed by atoms with Gasteiger partial charge >= 0.3 is 0 Å². The Kier molecular flexibility index (Phi) is 2.45. The third-order valence-corrected chi connectivity index (χ3v) is 5.45. The summed E-state index contributed by atoms with van der Waals surface area (Å²) in [7, 11) is 0. The number of fused-ring (bicyclic) bond motifs is 5. The molecule has 1 aliphatic heterocycles. The molecule has 1 aromatic carbocycles. The van der Waals surface area contributed by atoms with Gasteiger partial charge in [0, 0.05) is 0 Å². The molecular formula is C17H14NO4-. The van der Waals surface area contributed by atoms with Gasteiger partial charge in [0.25, 0.3) is 0 Å². The second-order valence-electron chi connectivity index (χ2n) is 6.47. The number of aromatic carboxylic acids is 1. The van der Waals surface area contributed by atoms with Crippen LogP contribution in [-0.2, 0) is 9.59 Å². The first-order chi connectivity index (χ1) is 10.4. The number of nitrogens with zero attached hydrogens (tertiary/aromatic N) is 1. The minimum Gasteiger partial charge on any atom is -0.545 e. The highest BCUT2D eigenvalue weighted by Gasteiger charge is 2.67. The molecule has 0 unspecified atom stereocenters. The van der Waals surface area contributed by atoms with Crippen LogP contribution in [0, 0.1) is 23.2 Å². The maximum Gasteiger partial charge on any atom is 0.241 e. The average Bonchev–Trinajstić information content (AvgIpc) is 3.12. The SMILES string of the molecule is C[C@@]12C(=O)N(c3cccc(C(=O)[O-])c3)C(=O)[C@H]1[C@H]1C=C[C@H]2C1. The standard InChI is InChI=1S/C17H15NO4/c1-17-11-6-5-9(7-11)13(17)14(19)18(16(17)22)12-4-2-3-10(8-12)15(20)21/h2-6,8-9,11,13H,7H2,1H3,(H,20,21)/p-1/t9-,11-,13+,17-/m0/s1. The van der Waals surface area contributed by atoms with E-state index in [9.17, 15) is 19.5 Å². The Hall–Kier alpha value is -2.43. The minimum atomic E-state index is -1.32. The summed E-state index contributed by atoms with van der Waals surface area (Å²) < 4.78 is 0. The Balaban J connectivity index is 1.79. The van der Waals surface area contributed by atoms with E-state index in [4.69, 9.17) is 0 Å². The second-order valence-corrected chi connectivity index (χ2v) is 6.47. The Morgan fingerprint density at radius 3 is 2.77 bits per heavy atom. The summed E-state index contributed by atoms with van der Waals surface area (Å²) in [6.45, 7) is 1.86. The van der Waals surface area contributed by atoms with Gasteiger partial charge in [0.05, 0.1) is 23.0 Å². The van der Waals surface area contributed by atoms with E-state index in [1.54, 1.807) is 6.07 Å². The summed E-state index contributed by atoms with van der Waals surface area (Å²) in [5, 5.41) is 11.0. The monoisotopic (exact) mass is 296 g/mol. The molecule has 0 spiro atoms. The molecule has 1 heterocycles. The fraction of sp³-hybridized carbons (Fsp3) is 0.353. The third kappa shape index (κ3) is 1.41. The normalized spacial score (nSPS) is 35.3. The zero-order valence-electron chi connectivity index (χ0n) is 12.0. The Bertz CT molecular complexity index is 753. The maximum absolute atomic E-state index is 12.9. The fourth-order valence-electron chi connectivity index (χ4n) is 4.32. The minimum absolute atomic E-state index is 0.0404. The van der Waals surface area contributed by atoms with Crippen LogP contribution in [0.2, 0.25) is 0 Å². The van der Waals surface area contributed by atoms with Gasteiger partial charge in [-0.2, -0.15) is 0 Å². The number of benzene rings is 1. The van der Waals surface area contributed by atoms with Crippen molar-refractivity contribution in [3.63, 3.8) is 0 Å². The first kappa shape index (κ1) is 13.2. The number of amides is 2. The maximum atomic E-state index is 12.9. The molecule has 2 bridgehead atoms. The second kappa shape index (κ2) is 4.06. The Morgan fingerprint density at radius 2 is 2.09 bits per heavy atom. The van der Waals surface area contributed by atoms with Gasteiger partial charge in [-0.15, -0.1) is 0 Å². The molecule has 2 aliphatic carbocycles. The molecule has 4 atom stereocenters. The van der Waals surface area contributed by atoms with Gasteiger partial charge in [-0.1, -0.05) is 24.3 Å². The van der Waals surface area contributed by atoms with Gasteiger partial charge in [-0.3, -0.25) is 9.59 Å². The summed E-state index contributed by atoms with van der Waals surface area (Å²) in [6.07, 6.45) is 4.92. The molecule has 5 nitrogen and oxygen atoms in total. The number of carboxylic acid groups (broad SMARTS) is 1. The lowest BCUT2D eigenvalue weighted by Gasteiger charge is -2.28. The van der Waals surface area contributed by atoms with Crippen molar-refractivity contribution in [2.24, 2.45) is 23.2 Å². The molecule has 0 aromatic heterocycles. The fourth-order valence-corrected chi connectivity index (χ4v) is 4.32. The van der Waals surface area contributed by atoms with Gasteiger partial charge in [-0.05, 0) is 42.9 Å². The molecule has 1 aromatic rings. The predicted octanol–water partition coefficient (Wildman–Crippen LogP) is 0.752. The van der Waals surface area contributed by atoms with Crippen LogP contribution in [0.25, 0.3) is 0 Å². The quantitative estimate of drug-likeness (QED) is 0.596. The molecule has 2 amide bonds. The van der Waals surface area contributed by atoms with E-state index in [1.165, 1.54) is 18.2 Å². The molecule has 2 fully saturated rings. The molecule has 3 aliphatic rings. The molecule has 5 heteroatoms. The van der Waals surface area contributed by atoms with E-state index in [0.29, 0.717) is 5.69 Å². The third-order valence-electron chi connectivity index (χ3n) is 5.45. The van der Waals surface area contributed by atoms with Crippen molar-refractivity contribution >= 4 is 23.5 Å². The average molecular weight is 296 g/mol. The molecular weight excluding hydrogens is 282 g/mol. The van der Waals surface area contributed by atoms with Crippen LogP contribution < -0.4 is 10.0 Å². The molecule has 0 radical (unpaired) electrons. The van der Waals surface area contributed by atoms with Crippen molar-refractivity contribution in [3.8, 4) is 0 Å². The highest BCUT2D eigenvalue weighted by Crippen LogP contribution is 2.60. The van der Waals surface area contributed by atoms with Crippen molar-refractivity contribution in [1.82, 2.24) is 0 Å². The van der Waals surface area contributed by atoms with Crippen LogP contribution in [0.4, 0.5) is 5.69 Å². The number of rotatable bonds is 2. The highest BCUT2D eigenvalue weighted by atomic mass is 16.4. The smallest absolute Gasteiger partial charge is 0.241 e. The zero-order chi connectivity index (χ0) is 15.6. The predicted molar refractivity (Wildman–Crippen MR) is 75.6 cm³/mol. The molecule has 22 heavy (non-hydrogen) atoms. The Labute approximate surface area is 127 Å². The van der Waals surface area contributed by atoms with Gasteiger partial charge in [0.15, 0.2) is 0 Å². The zero-order valence-corrected chi connectivity index (χ0v) is 12.0. The lowest BCUT2D eigenvalue weighted by molar-refractivity contribution is -0.255.